The third-order valence-corrected chi connectivity index (χ3v) is 2.69. The van der Waals surface area contributed by atoms with E-state index >= 15 is 0 Å². The number of halogens is 1. The van der Waals surface area contributed by atoms with Crippen LogP contribution in [0.25, 0.3) is 0 Å². The van der Waals surface area contributed by atoms with Crippen LogP contribution in [0.1, 0.15) is 12.8 Å². The molecule has 0 atom stereocenters. The van der Waals surface area contributed by atoms with Gasteiger partial charge in [-0.1, -0.05) is 0 Å². The Labute approximate surface area is 120 Å². The second kappa shape index (κ2) is 8.40. The van der Waals surface area contributed by atoms with Gasteiger partial charge in [-0.25, -0.2) is 4.39 Å². The van der Waals surface area contributed by atoms with Crippen molar-refractivity contribution in [3.8, 4) is 5.75 Å². The Morgan fingerprint density at radius 3 is 2.20 bits per heavy atom. The minimum Gasteiger partial charge on any atom is -0.494 e. The van der Waals surface area contributed by atoms with Crippen molar-refractivity contribution in [1.82, 2.24) is 9.80 Å². The van der Waals surface area contributed by atoms with E-state index < -0.39 is 0 Å². The number of benzene rings is 1. The van der Waals surface area contributed by atoms with Crippen LogP contribution < -0.4 is 4.74 Å². The van der Waals surface area contributed by atoms with Gasteiger partial charge in [-0.2, -0.15) is 0 Å². The van der Waals surface area contributed by atoms with E-state index in [4.69, 9.17) is 4.74 Å². The molecule has 0 aliphatic carbocycles. The zero-order valence-corrected chi connectivity index (χ0v) is 12.8. The van der Waals surface area contributed by atoms with Gasteiger partial charge in [0.05, 0.1) is 6.61 Å². The molecule has 20 heavy (non-hydrogen) atoms. The maximum Gasteiger partial charge on any atom is 0.195 e. The minimum absolute atomic E-state index is 0.244. The summed E-state index contributed by atoms with van der Waals surface area (Å²) in [4.78, 5) is 8.53. The smallest absolute Gasteiger partial charge is 0.195 e. The molecule has 0 aromatic heterocycles. The summed E-state index contributed by atoms with van der Waals surface area (Å²) in [6.45, 7) is 1.40. The Morgan fingerprint density at radius 2 is 1.65 bits per heavy atom. The van der Waals surface area contributed by atoms with Gasteiger partial charge in [0.25, 0.3) is 0 Å². The first-order chi connectivity index (χ1) is 9.50. The third kappa shape index (κ3) is 5.91. The summed E-state index contributed by atoms with van der Waals surface area (Å²) in [7, 11) is 7.93. The van der Waals surface area contributed by atoms with E-state index in [2.05, 4.69) is 4.99 Å². The van der Waals surface area contributed by atoms with Gasteiger partial charge < -0.3 is 14.5 Å². The lowest BCUT2D eigenvalue weighted by molar-refractivity contribution is 0.307. The number of rotatable bonds is 6. The quantitative estimate of drug-likeness (QED) is 0.455. The van der Waals surface area contributed by atoms with Crippen LogP contribution in [0.3, 0.4) is 0 Å². The molecule has 0 radical (unpaired) electrons. The lowest BCUT2D eigenvalue weighted by atomic mass is 10.3. The highest BCUT2D eigenvalue weighted by Crippen LogP contribution is 2.11. The number of aliphatic imine (C=N–C) groups is 1. The van der Waals surface area contributed by atoms with Gasteiger partial charge in [-0.3, -0.25) is 4.99 Å². The van der Waals surface area contributed by atoms with Crippen LogP contribution in [0.4, 0.5) is 4.39 Å². The van der Waals surface area contributed by atoms with Crippen molar-refractivity contribution in [2.45, 2.75) is 12.8 Å². The first kappa shape index (κ1) is 16.3. The summed E-state index contributed by atoms with van der Waals surface area (Å²) in [5.74, 6) is 1.42. The van der Waals surface area contributed by atoms with Crippen molar-refractivity contribution in [2.75, 3.05) is 41.3 Å². The first-order valence-electron chi connectivity index (χ1n) is 6.78. The van der Waals surface area contributed by atoms with Crippen LogP contribution in [0.15, 0.2) is 29.3 Å². The van der Waals surface area contributed by atoms with E-state index in [1.54, 1.807) is 12.1 Å². The first-order valence-corrected chi connectivity index (χ1v) is 6.78. The van der Waals surface area contributed by atoms with Crippen molar-refractivity contribution >= 4 is 5.96 Å². The second-order valence-electron chi connectivity index (χ2n) is 4.98. The monoisotopic (exact) mass is 281 g/mol. The van der Waals surface area contributed by atoms with Crippen LogP contribution in [0, 0.1) is 5.82 Å². The zero-order valence-electron chi connectivity index (χ0n) is 12.8. The van der Waals surface area contributed by atoms with Gasteiger partial charge in [0.1, 0.15) is 11.6 Å². The molecule has 0 fully saturated rings. The predicted octanol–water partition coefficient (Wildman–Crippen LogP) is 2.46. The van der Waals surface area contributed by atoms with Gasteiger partial charge >= 0.3 is 0 Å². The lowest BCUT2D eigenvalue weighted by Crippen LogP contribution is -2.35. The summed E-state index contributed by atoms with van der Waals surface area (Å²) >= 11 is 0. The molecule has 112 valence electrons. The standard InChI is InChI=1S/C15H24FN3O/c1-18(2)15(19(3)4)17-11-5-6-12-20-14-9-7-13(16)8-10-14/h7-10H,5-6,11-12H2,1-4H3. The maximum atomic E-state index is 12.7. The molecule has 0 N–H and O–H groups in total. The molecule has 0 heterocycles. The summed E-state index contributed by atoms with van der Waals surface area (Å²) in [6.07, 6.45) is 1.89. The minimum atomic E-state index is -0.244. The summed E-state index contributed by atoms with van der Waals surface area (Å²) in [6, 6.07) is 6.09. The molecule has 0 unspecified atom stereocenters. The number of ether oxygens (including phenoxy) is 1. The number of unbranched alkanes of at least 4 members (excludes halogenated alkanes) is 1. The van der Waals surface area contributed by atoms with Crippen molar-refractivity contribution in [3.63, 3.8) is 0 Å². The molecule has 1 aromatic carbocycles. The molecule has 0 aliphatic rings. The summed E-state index contributed by atoms with van der Waals surface area (Å²) in [5, 5.41) is 0. The van der Waals surface area contributed by atoms with Crippen molar-refractivity contribution in [1.29, 1.82) is 0 Å². The highest BCUT2D eigenvalue weighted by atomic mass is 19.1. The van der Waals surface area contributed by atoms with Crippen molar-refractivity contribution in [3.05, 3.63) is 30.1 Å². The molecular formula is C15H24FN3O. The van der Waals surface area contributed by atoms with Gasteiger partial charge in [0.15, 0.2) is 5.96 Å². The number of hydrogen-bond acceptors (Lipinski definition) is 2. The predicted molar refractivity (Wildman–Crippen MR) is 80.8 cm³/mol. The van der Waals surface area contributed by atoms with Crippen molar-refractivity contribution < 1.29 is 9.13 Å². The van der Waals surface area contributed by atoms with E-state index in [0.717, 1.165) is 25.3 Å². The van der Waals surface area contributed by atoms with Gasteiger partial charge in [-0.05, 0) is 37.1 Å². The van der Waals surface area contributed by atoms with Crippen LogP contribution in [-0.2, 0) is 0 Å². The van der Waals surface area contributed by atoms with Crippen LogP contribution in [-0.4, -0.2) is 57.1 Å². The van der Waals surface area contributed by atoms with E-state index in [0.29, 0.717) is 12.4 Å². The Kier molecular flexibility index (Phi) is 6.84. The largest absolute Gasteiger partial charge is 0.494 e. The maximum absolute atomic E-state index is 12.7. The lowest BCUT2D eigenvalue weighted by Gasteiger charge is -2.22. The van der Waals surface area contributed by atoms with E-state index in [-0.39, 0.29) is 5.82 Å². The van der Waals surface area contributed by atoms with Crippen LogP contribution in [0.2, 0.25) is 0 Å². The molecule has 0 spiro atoms. The average Bonchev–Trinajstić information content (AvgIpc) is 2.39. The van der Waals surface area contributed by atoms with Gasteiger partial charge in [0.2, 0.25) is 0 Å². The average molecular weight is 281 g/mol. The Morgan fingerprint density at radius 1 is 1.05 bits per heavy atom. The molecule has 0 bridgehead atoms. The number of nitrogens with zero attached hydrogens (tertiary/aromatic N) is 3. The molecule has 4 nitrogen and oxygen atoms in total. The Bertz CT molecular complexity index is 406. The van der Waals surface area contributed by atoms with E-state index in [9.17, 15) is 4.39 Å². The molecule has 0 aliphatic heterocycles. The fourth-order valence-corrected chi connectivity index (χ4v) is 1.80. The summed E-state index contributed by atoms with van der Waals surface area (Å²) < 4.78 is 18.2. The second-order valence-corrected chi connectivity index (χ2v) is 4.98. The Balaban J connectivity index is 2.22. The molecule has 0 amide bonds. The van der Waals surface area contributed by atoms with Gasteiger partial charge in [0, 0.05) is 34.7 Å². The molecule has 1 aromatic rings. The van der Waals surface area contributed by atoms with E-state index in [1.165, 1.54) is 12.1 Å². The summed E-state index contributed by atoms with van der Waals surface area (Å²) in [5.41, 5.74) is 0. The van der Waals surface area contributed by atoms with E-state index in [1.807, 2.05) is 38.0 Å². The molecule has 0 saturated heterocycles. The van der Waals surface area contributed by atoms with Crippen LogP contribution in [0.5, 0.6) is 5.75 Å². The normalized spacial score (nSPS) is 10.1. The SMILES string of the molecule is CN(C)C(=NCCCCOc1ccc(F)cc1)N(C)C. The number of guanidine groups is 1. The number of hydrogen-bond donors (Lipinski definition) is 0. The molecule has 5 heteroatoms. The molecular weight excluding hydrogens is 257 g/mol. The van der Waals surface area contributed by atoms with Crippen LogP contribution >= 0.6 is 0 Å². The highest BCUT2D eigenvalue weighted by Gasteiger charge is 2.02. The topological polar surface area (TPSA) is 28.1 Å². The highest BCUT2D eigenvalue weighted by molar-refractivity contribution is 5.79. The fourth-order valence-electron chi connectivity index (χ4n) is 1.80. The fraction of sp³-hybridized carbons (Fsp3) is 0.533. The zero-order chi connectivity index (χ0) is 15.0. The molecule has 1 rings (SSSR count). The third-order valence-electron chi connectivity index (χ3n) is 2.69. The van der Waals surface area contributed by atoms with Crippen molar-refractivity contribution in [2.24, 2.45) is 4.99 Å². The van der Waals surface area contributed by atoms with Gasteiger partial charge in [-0.15, -0.1) is 0 Å². The Hall–Kier alpha value is -1.78. The molecule has 0 saturated carbocycles.